The van der Waals surface area contributed by atoms with Crippen LogP contribution in [-0.4, -0.2) is 12.5 Å². The summed E-state index contributed by atoms with van der Waals surface area (Å²) in [6.07, 6.45) is 4.14. The predicted octanol–water partition coefficient (Wildman–Crippen LogP) is 4.06. The molecule has 2 aromatic rings. The molecule has 4 nitrogen and oxygen atoms in total. The van der Waals surface area contributed by atoms with Gasteiger partial charge in [0.1, 0.15) is 16.8 Å². The summed E-state index contributed by atoms with van der Waals surface area (Å²) >= 11 is 1.33. The van der Waals surface area contributed by atoms with Crippen LogP contribution in [-0.2, 0) is 4.79 Å². The summed E-state index contributed by atoms with van der Waals surface area (Å²) < 4.78 is 5.50. The summed E-state index contributed by atoms with van der Waals surface area (Å²) in [6.45, 7) is 2.75. The molecule has 0 aliphatic carbocycles. The Kier molecular flexibility index (Phi) is 5.75. The Hall–Kier alpha value is -2.58. The number of hydrogen-bond donors (Lipinski definition) is 1. The lowest BCUT2D eigenvalue weighted by Crippen LogP contribution is -2.07. The summed E-state index contributed by atoms with van der Waals surface area (Å²) in [7, 11) is 0. The molecule has 0 bridgehead atoms. The Bertz CT molecular complexity index is 696. The highest BCUT2D eigenvalue weighted by molar-refractivity contribution is 7.14. The van der Waals surface area contributed by atoms with E-state index in [9.17, 15) is 4.79 Å². The number of carbonyl (C=O) groups excluding carboxylic acids is 1. The molecule has 2 rings (SSSR count). The third kappa shape index (κ3) is 4.47. The van der Waals surface area contributed by atoms with Crippen molar-refractivity contribution in [3.05, 3.63) is 52.9 Å². The van der Waals surface area contributed by atoms with Crippen molar-refractivity contribution in [1.29, 1.82) is 5.26 Å². The van der Waals surface area contributed by atoms with E-state index in [-0.39, 0.29) is 5.91 Å². The van der Waals surface area contributed by atoms with Gasteiger partial charge in [-0.05, 0) is 41.6 Å². The molecule has 0 saturated carbocycles. The number of nitrogens with zero attached hydrogens (tertiary/aromatic N) is 1. The molecule has 1 heterocycles. The van der Waals surface area contributed by atoms with Gasteiger partial charge in [0.25, 0.3) is 0 Å². The van der Waals surface area contributed by atoms with Crippen LogP contribution in [0.5, 0.6) is 5.75 Å². The minimum Gasteiger partial charge on any atom is -0.494 e. The third-order valence-electron chi connectivity index (χ3n) is 2.80. The number of thiophene rings is 1. The van der Waals surface area contributed by atoms with Gasteiger partial charge in [0, 0.05) is 6.08 Å². The summed E-state index contributed by atoms with van der Waals surface area (Å²) in [5.74, 6) is 0.561. The second kappa shape index (κ2) is 8.01. The van der Waals surface area contributed by atoms with Crippen LogP contribution in [0.15, 0.2) is 41.8 Å². The maximum absolute atomic E-state index is 11.8. The van der Waals surface area contributed by atoms with E-state index in [1.165, 1.54) is 17.4 Å². The van der Waals surface area contributed by atoms with Crippen molar-refractivity contribution in [1.82, 2.24) is 0 Å². The minimum absolute atomic E-state index is 0.259. The van der Waals surface area contributed by atoms with Gasteiger partial charge in [-0.15, -0.1) is 11.3 Å². The molecule has 112 valence electrons. The molecule has 0 aliphatic rings. The van der Waals surface area contributed by atoms with Crippen LogP contribution < -0.4 is 10.1 Å². The van der Waals surface area contributed by atoms with E-state index in [4.69, 9.17) is 10.00 Å². The number of nitriles is 1. The Morgan fingerprint density at radius 2 is 2.14 bits per heavy atom. The highest BCUT2D eigenvalue weighted by Crippen LogP contribution is 2.22. The number of ether oxygens (including phenoxy) is 1. The number of anilines is 1. The highest BCUT2D eigenvalue weighted by atomic mass is 32.1. The van der Waals surface area contributed by atoms with Gasteiger partial charge in [-0.3, -0.25) is 4.79 Å². The third-order valence-corrected chi connectivity index (χ3v) is 3.63. The fourth-order valence-corrected chi connectivity index (χ4v) is 2.46. The molecular formula is C17H16N2O2S. The molecule has 1 aromatic heterocycles. The van der Waals surface area contributed by atoms with Crippen LogP contribution >= 0.6 is 11.3 Å². The molecule has 0 fully saturated rings. The SMILES string of the molecule is CCCOc1ccc(C=CC(=O)Nc2sccc2C#N)cc1. The molecule has 0 aliphatic heterocycles. The fraction of sp³-hybridized carbons (Fsp3) is 0.176. The van der Waals surface area contributed by atoms with Crippen molar-refractivity contribution < 1.29 is 9.53 Å². The first kappa shape index (κ1) is 15.8. The summed E-state index contributed by atoms with van der Waals surface area (Å²) in [5, 5.41) is 13.9. The van der Waals surface area contributed by atoms with Crippen molar-refractivity contribution in [2.75, 3.05) is 11.9 Å². The number of rotatable bonds is 6. The van der Waals surface area contributed by atoms with Gasteiger partial charge < -0.3 is 10.1 Å². The van der Waals surface area contributed by atoms with E-state index in [1.54, 1.807) is 17.5 Å². The molecule has 0 spiro atoms. The zero-order valence-corrected chi connectivity index (χ0v) is 13.0. The van der Waals surface area contributed by atoms with Crippen LogP contribution in [0.2, 0.25) is 0 Å². The van der Waals surface area contributed by atoms with E-state index >= 15 is 0 Å². The summed E-state index contributed by atoms with van der Waals surface area (Å²) in [4.78, 5) is 11.8. The zero-order valence-electron chi connectivity index (χ0n) is 12.2. The maximum atomic E-state index is 11.8. The summed E-state index contributed by atoms with van der Waals surface area (Å²) in [5.41, 5.74) is 1.38. The quantitative estimate of drug-likeness (QED) is 0.818. The molecule has 22 heavy (non-hydrogen) atoms. The van der Waals surface area contributed by atoms with Crippen molar-refractivity contribution in [2.45, 2.75) is 13.3 Å². The van der Waals surface area contributed by atoms with E-state index in [0.29, 0.717) is 17.2 Å². The zero-order chi connectivity index (χ0) is 15.8. The van der Waals surface area contributed by atoms with Crippen LogP contribution in [0, 0.1) is 11.3 Å². The lowest BCUT2D eigenvalue weighted by molar-refractivity contribution is -0.111. The fourth-order valence-electron chi connectivity index (χ4n) is 1.71. The first-order valence-electron chi connectivity index (χ1n) is 6.92. The maximum Gasteiger partial charge on any atom is 0.249 e. The Balaban J connectivity index is 1.93. The minimum atomic E-state index is -0.259. The van der Waals surface area contributed by atoms with E-state index in [2.05, 4.69) is 12.2 Å². The molecule has 0 unspecified atom stereocenters. The number of nitrogens with one attached hydrogen (secondary N) is 1. The first-order valence-corrected chi connectivity index (χ1v) is 7.80. The Labute approximate surface area is 133 Å². The van der Waals surface area contributed by atoms with E-state index in [0.717, 1.165) is 17.7 Å². The molecule has 0 saturated heterocycles. The van der Waals surface area contributed by atoms with Crippen LogP contribution in [0.1, 0.15) is 24.5 Å². The first-order chi connectivity index (χ1) is 10.7. The van der Waals surface area contributed by atoms with E-state index in [1.807, 2.05) is 30.3 Å². The lowest BCUT2D eigenvalue weighted by atomic mass is 10.2. The van der Waals surface area contributed by atoms with Crippen LogP contribution in [0.3, 0.4) is 0 Å². The predicted molar refractivity (Wildman–Crippen MR) is 88.9 cm³/mol. The van der Waals surface area contributed by atoms with Gasteiger partial charge in [-0.1, -0.05) is 19.1 Å². The molecule has 1 aromatic carbocycles. The van der Waals surface area contributed by atoms with Gasteiger partial charge in [0.15, 0.2) is 0 Å². The Morgan fingerprint density at radius 3 is 2.82 bits per heavy atom. The van der Waals surface area contributed by atoms with Gasteiger partial charge in [0.2, 0.25) is 5.91 Å². The molecule has 0 atom stereocenters. The monoisotopic (exact) mass is 312 g/mol. The molecule has 1 amide bonds. The number of benzene rings is 1. The van der Waals surface area contributed by atoms with Gasteiger partial charge in [-0.2, -0.15) is 5.26 Å². The van der Waals surface area contributed by atoms with Gasteiger partial charge in [-0.25, -0.2) is 0 Å². The average Bonchev–Trinajstić information content (AvgIpc) is 2.99. The largest absolute Gasteiger partial charge is 0.494 e. The van der Waals surface area contributed by atoms with Gasteiger partial charge >= 0.3 is 0 Å². The van der Waals surface area contributed by atoms with Crippen molar-refractivity contribution in [2.24, 2.45) is 0 Å². The average molecular weight is 312 g/mol. The normalized spacial score (nSPS) is 10.4. The standard InChI is InChI=1S/C17H16N2O2S/c1-2-10-21-15-6-3-13(4-7-15)5-8-16(20)19-17-14(12-18)9-11-22-17/h3-9,11H,2,10H2,1H3,(H,19,20). The lowest BCUT2D eigenvalue weighted by Gasteiger charge is -2.04. The molecule has 1 N–H and O–H groups in total. The van der Waals surface area contributed by atoms with Crippen LogP contribution in [0.25, 0.3) is 6.08 Å². The number of amides is 1. The molecular weight excluding hydrogens is 296 g/mol. The van der Waals surface area contributed by atoms with Crippen molar-refractivity contribution in [3.8, 4) is 11.8 Å². The van der Waals surface area contributed by atoms with Crippen LogP contribution in [0.4, 0.5) is 5.00 Å². The smallest absolute Gasteiger partial charge is 0.249 e. The number of carbonyl (C=O) groups is 1. The topological polar surface area (TPSA) is 62.1 Å². The molecule has 0 radical (unpaired) electrons. The highest BCUT2D eigenvalue weighted by Gasteiger charge is 2.05. The second-order valence-electron chi connectivity index (χ2n) is 4.52. The summed E-state index contributed by atoms with van der Waals surface area (Å²) in [6, 6.07) is 11.2. The van der Waals surface area contributed by atoms with Crippen molar-refractivity contribution in [3.63, 3.8) is 0 Å². The van der Waals surface area contributed by atoms with Gasteiger partial charge in [0.05, 0.1) is 12.2 Å². The Morgan fingerprint density at radius 1 is 1.36 bits per heavy atom. The second-order valence-corrected chi connectivity index (χ2v) is 5.43. The van der Waals surface area contributed by atoms with E-state index < -0.39 is 0 Å². The van der Waals surface area contributed by atoms with Crippen molar-refractivity contribution >= 4 is 28.3 Å². The molecule has 5 heteroatoms. The number of hydrogen-bond acceptors (Lipinski definition) is 4.